The van der Waals surface area contributed by atoms with Crippen LogP contribution in [0.5, 0.6) is 0 Å². The van der Waals surface area contributed by atoms with Gasteiger partial charge in [-0.3, -0.25) is 4.90 Å². The summed E-state index contributed by atoms with van der Waals surface area (Å²) in [6.45, 7) is 3.79. The van der Waals surface area contributed by atoms with E-state index in [2.05, 4.69) is 79.1 Å². The molecule has 4 heterocycles. The Labute approximate surface area is 221 Å². The molecule has 2 aliphatic rings. The van der Waals surface area contributed by atoms with E-state index >= 15 is 0 Å². The molecule has 5 aromatic rings. The highest BCUT2D eigenvalue weighted by atomic mass is 16.5. The standard InChI is InChI=1S/C30H33N7O/c31-29-27-28(21-6-11-26-22(17-21)18-23(34-26)16-20-4-2-1-3-5-20)35-37(30(27)33-19-32-29)25-9-7-24(8-10-25)36-12-14-38-15-13-36/h1-6,11,17-19,24-25,34H,7-10,12-16H2,(H2,31,32,33)/t24-,25-. The Kier molecular flexibility index (Phi) is 6.06. The van der Waals surface area contributed by atoms with Crippen LogP contribution in [0.25, 0.3) is 33.2 Å². The minimum absolute atomic E-state index is 0.311. The van der Waals surface area contributed by atoms with Crippen molar-refractivity contribution in [3.8, 4) is 11.3 Å². The lowest BCUT2D eigenvalue weighted by atomic mass is 9.90. The fraction of sp³-hybridized carbons (Fsp3) is 0.367. The van der Waals surface area contributed by atoms with Gasteiger partial charge >= 0.3 is 0 Å². The summed E-state index contributed by atoms with van der Waals surface area (Å²) in [5.74, 6) is 0.484. The molecule has 1 saturated carbocycles. The van der Waals surface area contributed by atoms with Crippen LogP contribution in [0.1, 0.15) is 43.0 Å². The molecule has 0 atom stereocenters. The van der Waals surface area contributed by atoms with Gasteiger partial charge in [0.05, 0.1) is 24.6 Å². The highest BCUT2D eigenvalue weighted by Gasteiger charge is 2.30. The minimum atomic E-state index is 0.311. The molecule has 0 spiro atoms. The van der Waals surface area contributed by atoms with Crippen LogP contribution in [0.2, 0.25) is 0 Å². The fourth-order valence-electron chi connectivity index (χ4n) is 6.31. The highest BCUT2D eigenvalue weighted by Crippen LogP contribution is 2.37. The molecule has 8 heteroatoms. The minimum Gasteiger partial charge on any atom is -0.383 e. The zero-order valence-electron chi connectivity index (χ0n) is 21.5. The molecule has 1 aliphatic heterocycles. The van der Waals surface area contributed by atoms with E-state index in [1.165, 1.54) is 24.1 Å². The first-order chi connectivity index (χ1) is 18.7. The molecule has 7 rings (SSSR count). The maximum absolute atomic E-state index is 6.43. The maximum atomic E-state index is 6.43. The number of anilines is 1. The number of aromatic nitrogens is 5. The number of morpholine rings is 1. The van der Waals surface area contributed by atoms with Crippen LogP contribution < -0.4 is 5.73 Å². The number of fused-ring (bicyclic) bond motifs is 2. The predicted molar refractivity (Wildman–Crippen MR) is 150 cm³/mol. The molecule has 1 aliphatic carbocycles. The fourth-order valence-corrected chi connectivity index (χ4v) is 6.31. The van der Waals surface area contributed by atoms with Gasteiger partial charge in [-0.05, 0) is 49.4 Å². The Morgan fingerprint density at radius 2 is 1.71 bits per heavy atom. The molecule has 3 aromatic heterocycles. The van der Waals surface area contributed by atoms with Gasteiger partial charge in [0.1, 0.15) is 17.8 Å². The zero-order chi connectivity index (χ0) is 25.5. The summed E-state index contributed by atoms with van der Waals surface area (Å²) >= 11 is 0. The van der Waals surface area contributed by atoms with Crippen LogP contribution in [0, 0.1) is 0 Å². The Balaban J connectivity index is 1.19. The van der Waals surface area contributed by atoms with Crippen molar-refractivity contribution in [1.82, 2.24) is 29.6 Å². The van der Waals surface area contributed by atoms with Crippen LogP contribution in [0.4, 0.5) is 5.82 Å². The van der Waals surface area contributed by atoms with E-state index in [1.54, 1.807) is 6.33 Å². The third-order valence-corrected chi connectivity index (χ3v) is 8.28. The Bertz CT molecular complexity index is 1560. The molecule has 0 radical (unpaired) electrons. The van der Waals surface area contributed by atoms with E-state index in [1.807, 2.05) is 0 Å². The second-order valence-electron chi connectivity index (χ2n) is 10.6. The summed E-state index contributed by atoms with van der Waals surface area (Å²) in [6, 6.07) is 20.2. The van der Waals surface area contributed by atoms with Crippen molar-refractivity contribution in [3.63, 3.8) is 0 Å². The topological polar surface area (TPSA) is 97.9 Å². The number of hydrogen-bond acceptors (Lipinski definition) is 6. The van der Waals surface area contributed by atoms with Crippen LogP contribution in [-0.2, 0) is 11.2 Å². The lowest BCUT2D eigenvalue weighted by molar-refractivity contribution is 0.00520. The van der Waals surface area contributed by atoms with Gasteiger partial charge in [0.2, 0.25) is 0 Å². The van der Waals surface area contributed by atoms with Crippen molar-refractivity contribution in [2.45, 2.75) is 44.2 Å². The number of rotatable bonds is 5. The number of benzene rings is 2. The van der Waals surface area contributed by atoms with E-state index in [0.29, 0.717) is 17.9 Å². The second-order valence-corrected chi connectivity index (χ2v) is 10.6. The number of nitrogen functional groups attached to an aromatic ring is 1. The van der Waals surface area contributed by atoms with E-state index in [0.717, 1.165) is 78.8 Å². The van der Waals surface area contributed by atoms with E-state index in [4.69, 9.17) is 15.6 Å². The first-order valence-corrected chi connectivity index (χ1v) is 13.7. The second kappa shape index (κ2) is 9.85. The Morgan fingerprint density at radius 3 is 2.53 bits per heavy atom. The van der Waals surface area contributed by atoms with E-state index in [-0.39, 0.29) is 0 Å². The van der Waals surface area contributed by atoms with Crippen molar-refractivity contribution in [2.75, 3.05) is 32.0 Å². The molecule has 1 saturated heterocycles. The molecule has 38 heavy (non-hydrogen) atoms. The first kappa shape index (κ1) is 23.4. The number of H-pyrrole nitrogens is 1. The largest absolute Gasteiger partial charge is 0.383 e. The maximum Gasteiger partial charge on any atom is 0.164 e. The molecular formula is C30H33N7O. The van der Waals surface area contributed by atoms with Crippen LogP contribution in [0.3, 0.4) is 0 Å². The predicted octanol–water partition coefficient (Wildman–Crippen LogP) is 4.96. The van der Waals surface area contributed by atoms with Gasteiger partial charge in [-0.1, -0.05) is 36.4 Å². The van der Waals surface area contributed by atoms with Gasteiger partial charge in [-0.25, -0.2) is 14.6 Å². The summed E-state index contributed by atoms with van der Waals surface area (Å²) in [7, 11) is 0. The van der Waals surface area contributed by atoms with Crippen molar-refractivity contribution >= 4 is 27.8 Å². The van der Waals surface area contributed by atoms with Gasteiger partial charge in [0, 0.05) is 47.7 Å². The molecule has 0 amide bonds. The summed E-state index contributed by atoms with van der Waals surface area (Å²) in [4.78, 5) is 15.2. The molecule has 0 bridgehead atoms. The average Bonchev–Trinajstić information content (AvgIpc) is 3.56. The molecule has 3 N–H and O–H groups in total. The Hall–Kier alpha value is -3.75. The normalized spacial score (nSPS) is 20.8. The SMILES string of the molecule is Nc1ncnc2c1c(-c1ccc3[nH]c(Cc4ccccc4)cc3c1)nn2[C@H]1CC[C@H](N2CCOCC2)CC1. The number of hydrogen-bond donors (Lipinski definition) is 2. The van der Waals surface area contributed by atoms with Crippen molar-refractivity contribution in [2.24, 2.45) is 0 Å². The van der Waals surface area contributed by atoms with E-state index in [9.17, 15) is 0 Å². The quantitative estimate of drug-likeness (QED) is 0.349. The van der Waals surface area contributed by atoms with Crippen LogP contribution in [-0.4, -0.2) is 62.0 Å². The lowest BCUT2D eigenvalue weighted by Gasteiger charge is -2.38. The van der Waals surface area contributed by atoms with Gasteiger partial charge in [-0.15, -0.1) is 0 Å². The first-order valence-electron chi connectivity index (χ1n) is 13.7. The monoisotopic (exact) mass is 507 g/mol. The average molecular weight is 508 g/mol. The van der Waals surface area contributed by atoms with E-state index < -0.39 is 0 Å². The molecule has 0 unspecified atom stereocenters. The number of nitrogens with one attached hydrogen (secondary N) is 1. The van der Waals surface area contributed by atoms with Gasteiger partial charge in [-0.2, -0.15) is 5.10 Å². The molecule has 2 fully saturated rings. The smallest absolute Gasteiger partial charge is 0.164 e. The van der Waals surface area contributed by atoms with Crippen LogP contribution >= 0.6 is 0 Å². The Morgan fingerprint density at radius 1 is 0.921 bits per heavy atom. The number of ether oxygens (including phenoxy) is 1. The summed E-state index contributed by atoms with van der Waals surface area (Å²) < 4.78 is 7.68. The highest BCUT2D eigenvalue weighted by molar-refractivity contribution is 6.00. The van der Waals surface area contributed by atoms with Crippen LogP contribution in [0.15, 0.2) is 60.9 Å². The summed E-state index contributed by atoms with van der Waals surface area (Å²) in [5, 5.41) is 7.17. The number of nitrogens with two attached hydrogens (primary N) is 1. The molecule has 2 aromatic carbocycles. The third-order valence-electron chi connectivity index (χ3n) is 8.28. The van der Waals surface area contributed by atoms with Gasteiger partial charge < -0.3 is 15.5 Å². The van der Waals surface area contributed by atoms with Crippen molar-refractivity contribution < 1.29 is 4.74 Å². The zero-order valence-corrected chi connectivity index (χ0v) is 21.5. The molecular weight excluding hydrogens is 474 g/mol. The lowest BCUT2D eigenvalue weighted by Crippen LogP contribution is -2.45. The van der Waals surface area contributed by atoms with Gasteiger partial charge in [0.25, 0.3) is 0 Å². The third kappa shape index (κ3) is 4.33. The van der Waals surface area contributed by atoms with Gasteiger partial charge in [0.15, 0.2) is 5.65 Å². The number of nitrogens with zero attached hydrogens (tertiary/aromatic N) is 5. The summed E-state index contributed by atoms with van der Waals surface area (Å²) in [6.07, 6.45) is 6.94. The van der Waals surface area contributed by atoms with Crippen molar-refractivity contribution in [3.05, 3.63) is 72.2 Å². The summed E-state index contributed by atoms with van der Waals surface area (Å²) in [5.41, 5.74) is 12.8. The molecule has 8 nitrogen and oxygen atoms in total. The number of aromatic amines is 1. The van der Waals surface area contributed by atoms with Crippen molar-refractivity contribution in [1.29, 1.82) is 0 Å². The molecule has 194 valence electrons.